The summed E-state index contributed by atoms with van der Waals surface area (Å²) in [4.78, 5) is 14.9. The molecule has 0 heterocycles. The molecule has 5 heteroatoms. The highest BCUT2D eigenvalue weighted by atomic mass is 17.1. The predicted octanol–water partition coefficient (Wildman–Crippen LogP) is 1.86. The standard InChI is InChI=1S/C11H22O5/c1-4-11(2,6-8-16-13)9-15-7-5-10(12)14-3/h13H,4-9H2,1-3H3. The highest BCUT2D eigenvalue weighted by Crippen LogP contribution is 2.25. The van der Waals surface area contributed by atoms with Crippen LogP contribution >= 0.6 is 0 Å². The average molecular weight is 234 g/mol. The van der Waals surface area contributed by atoms with Gasteiger partial charge in [0.15, 0.2) is 0 Å². The van der Waals surface area contributed by atoms with Crippen molar-refractivity contribution in [3.8, 4) is 0 Å². The maximum absolute atomic E-state index is 10.8. The first-order valence-corrected chi connectivity index (χ1v) is 5.49. The second-order valence-electron chi connectivity index (χ2n) is 4.13. The molecule has 0 rings (SSSR count). The number of methoxy groups -OCH3 is 1. The summed E-state index contributed by atoms with van der Waals surface area (Å²) >= 11 is 0. The van der Waals surface area contributed by atoms with Crippen molar-refractivity contribution < 1.29 is 24.4 Å². The number of esters is 1. The van der Waals surface area contributed by atoms with Crippen molar-refractivity contribution >= 4 is 5.97 Å². The molecule has 0 bridgehead atoms. The number of carbonyl (C=O) groups excluding carboxylic acids is 1. The molecule has 0 radical (unpaired) electrons. The van der Waals surface area contributed by atoms with Crippen LogP contribution in [0.3, 0.4) is 0 Å². The zero-order valence-electron chi connectivity index (χ0n) is 10.3. The molecule has 0 aromatic heterocycles. The van der Waals surface area contributed by atoms with E-state index in [1.165, 1.54) is 7.11 Å². The van der Waals surface area contributed by atoms with Crippen LogP contribution in [0.2, 0.25) is 0 Å². The smallest absolute Gasteiger partial charge is 0.307 e. The Hall–Kier alpha value is -0.650. The summed E-state index contributed by atoms with van der Waals surface area (Å²) in [6.45, 7) is 5.32. The lowest BCUT2D eigenvalue weighted by atomic mass is 9.85. The second kappa shape index (κ2) is 8.50. The topological polar surface area (TPSA) is 65.0 Å². The fraction of sp³-hybridized carbons (Fsp3) is 0.909. The van der Waals surface area contributed by atoms with Gasteiger partial charge in [0.05, 0.1) is 33.4 Å². The first-order valence-electron chi connectivity index (χ1n) is 5.49. The summed E-state index contributed by atoms with van der Waals surface area (Å²) in [5, 5.41) is 8.30. The van der Waals surface area contributed by atoms with E-state index < -0.39 is 0 Å². The molecule has 0 aromatic carbocycles. The number of rotatable bonds is 9. The van der Waals surface area contributed by atoms with Crippen molar-refractivity contribution in [2.24, 2.45) is 5.41 Å². The molecule has 16 heavy (non-hydrogen) atoms. The van der Waals surface area contributed by atoms with Gasteiger partial charge in [-0.05, 0) is 18.3 Å². The third-order valence-electron chi connectivity index (χ3n) is 2.78. The van der Waals surface area contributed by atoms with Gasteiger partial charge in [-0.1, -0.05) is 13.8 Å². The van der Waals surface area contributed by atoms with Gasteiger partial charge in [0.25, 0.3) is 0 Å². The fourth-order valence-corrected chi connectivity index (χ4v) is 1.22. The van der Waals surface area contributed by atoms with Crippen LogP contribution in [0.4, 0.5) is 0 Å². The Bertz CT molecular complexity index is 195. The van der Waals surface area contributed by atoms with Gasteiger partial charge < -0.3 is 9.47 Å². The lowest BCUT2D eigenvalue weighted by Crippen LogP contribution is -2.25. The molecule has 1 atom stereocenters. The van der Waals surface area contributed by atoms with Gasteiger partial charge in [-0.3, -0.25) is 10.1 Å². The number of hydrogen-bond acceptors (Lipinski definition) is 5. The molecule has 0 aliphatic rings. The van der Waals surface area contributed by atoms with Crippen molar-refractivity contribution in [2.75, 3.05) is 26.9 Å². The van der Waals surface area contributed by atoms with E-state index in [9.17, 15) is 4.79 Å². The molecule has 0 aromatic rings. The van der Waals surface area contributed by atoms with E-state index in [1.54, 1.807) is 0 Å². The summed E-state index contributed by atoms with van der Waals surface area (Å²) in [7, 11) is 1.36. The normalized spacial score (nSPS) is 14.5. The SMILES string of the molecule is CCC(C)(CCOO)COCCC(=O)OC. The molecule has 0 aliphatic carbocycles. The van der Waals surface area contributed by atoms with E-state index in [1.807, 2.05) is 0 Å². The van der Waals surface area contributed by atoms with E-state index >= 15 is 0 Å². The second-order valence-corrected chi connectivity index (χ2v) is 4.13. The van der Waals surface area contributed by atoms with Gasteiger partial charge in [0, 0.05) is 0 Å². The monoisotopic (exact) mass is 234 g/mol. The Morgan fingerprint density at radius 1 is 1.38 bits per heavy atom. The Labute approximate surface area is 96.6 Å². The first-order chi connectivity index (χ1) is 7.58. The van der Waals surface area contributed by atoms with E-state index in [2.05, 4.69) is 23.5 Å². The van der Waals surface area contributed by atoms with E-state index in [4.69, 9.17) is 9.99 Å². The summed E-state index contributed by atoms with van der Waals surface area (Å²) in [6, 6.07) is 0. The third-order valence-corrected chi connectivity index (χ3v) is 2.78. The number of carbonyl (C=O) groups is 1. The summed E-state index contributed by atoms with van der Waals surface area (Å²) < 4.78 is 9.92. The lowest BCUT2D eigenvalue weighted by Gasteiger charge is -2.27. The molecular weight excluding hydrogens is 212 g/mol. The van der Waals surface area contributed by atoms with Crippen LogP contribution in [0.15, 0.2) is 0 Å². The van der Waals surface area contributed by atoms with Crippen molar-refractivity contribution in [3.05, 3.63) is 0 Å². The maximum Gasteiger partial charge on any atom is 0.307 e. The van der Waals surface area contributed by atoms with Crippen LogP contribution in [0, 0.1) is 5.41 Å². The molecule has 96 valence electrons. The summed E-state index contributed by atoms with van der Waals surface area (Å²) in [5.74, 6) is -0.267. The Morgan fingerprint density at radius 2 is 2.06 bits per heavy atom. The quantitative estimate of drug-likeness (QED) is 0.285. The highest BCUT2D eigenvalue weighted by Gasteiger charge is 2.22. The van der Waals surface area contributed by atoms with Crippen LogP contribution in [-0.2, 0) is 19.2 Å². The predicted molar refractivity (Wildman–Crippen MR) is 59.0 cm³/mol. The van der Waals surface area contributed by atoms with Crippen LogP contribution in [-0.4, -0.2) is 38.2 Å². The Balaban J connectivity index is 3.73. The van der Waals surface area contributed by atoms with E-state index in [-0.39, 0.29) is 17.8 Å². The zero-order chi connectivity index (χ0) is 12.4. The van der Waals surface area contributed by atoms with Crippen LogP contribution in [0.1, 0.15) is 33.1 Å². The summed E-state index contributed by atoms with van der Waals surface area (Å²) in [5.41, 5.74) is -0.0289. The zero-order valence-corrected chi connectivity index (χ0v) is 10.3. The molecule has 0 amide bonds. The van der Waals surface area contributed by atoms with Crippen LogP contribution < -0.4 is 0 Å². The van der Waals surface area contributed by atoms with Gasteiger partial charge in [-0.15, -0.1) is 0 Å². The number of hydrogen-bond donors (Lipinski definition) is 1. The van der Waals surface area contributed by atoms with Crippen molar-refractivity contribution in [1.29, 1.82) is 0 Å². The maximum atomic E-state index is 10.8. The van der Waals surface area contributed by atoms with Crippen LogP contribution in [0.25, 0.3) is 0 Å². The van der Waals surface area contributed by atoms with Crippen molar-refractivity contribution in [1.82, 2.24) is 0 Å². The van der Waals surface area contributed by atoms with Gasteiger partial charge in [0.1, 0.15) is 0 Å². The fourth-order valence-electron chi connectivity index (χ4n) is 1.22. The molecule has 0 fully saturated rings. The van der Waals surface area contributed by atoms with Gasteiger partial charge in [-0.25, -0.2) is 4.89 Å². The Kier molecular flexibility index (Phi) is 8.15. The largest absolute Gasteiger partial charge is 0.469 e. The molecule has 0 spiro atoms. The molecule has 5 nitrogen and oxygen atoms in total. The van der Waals surface area contributed by atoms with Gasteiger partial charge in [-0.2, -0.15) is 0 Å². The van der Waals surface area contributed by atoms with Crippen molar-refractivity contribution in [2.45, 2.75) is 33.1 Å². The van der Waals surface area contributed by atoms with E-state index in [0.29, 0.717) is 19.8 Å². The molecular formula is C11H22O5. The van der Waals surface area contributed by atoms with Gasteiger partial charge in [0.2, 0.25) is 0 Å². The van der Waals surface area contributed by atoms with E-state index in [0.717, 1.165) is 12.8 Å². The lowest BCUT2D eigenvalue weighted by molar-refractivity contribution is -0.247. The minimum absolute atomic E-state index is 0.0289. The average Bonchev–Trinajstić information content (AvgIpc) is 2.31. The molecule has 0 saturated heterocycles. The minimum atomic E-state index is -0.267. The molecule has 0 saturated carbocycles. The minimum Gasteiger partial charge on any atom is -0.469 e. The van der Waals surface area contributed by atoms with Crippen molar-refractivity contribution in [3.63, 3.8) is 0 Å². The first kappa shape index (κ1) is 15.3. The number of ether oxygens (including phenoxy) is 2. The van der Waals surface area contributed by atoms with Gasteiger partial charge >= 0.3 is 5.97 Å². The molecule has 1 N–H and O–H groups in total. The molecule has 1 unspecified atom stereocenters. The highest BCUT2D eigenvalue weighted by molar-refractivity contribution is 5.69. The Morgan fingerprint density at radius 3 is 2.56 bits per heavy atom. The summed E-state index contributed by atoms with van der Waals surface area (Å²) in [6.07, 6.45) is 1.92. The molecule has 0 aliphatic heterocycles. The third kappa shape index (κ3) is 6.76. The van der Waals surface area contributed by atoms with Crippen LogP contribution in [0.5, 0.6) is 0 Å².